The summed E-state index contributed by atoms with van der Waals surface area (Å²) in [7, 11) is 0. The average molecular weight is 330 g/mol. The summed E-state index contributed by atoms with van der Waals surface area (Å²) in [6.07, 6.45) is 2.67. The maximum atomic E-state index is 13.5. The second-order valence-corrected chi connectivity index (χ2v) is 5.47. The van der Waals surface area contributed by atoms with Crippen LogP contribution in [0, 0.1) is 5.82 Å². The Kier molecular flexibility index (Phi) is 4.87. The molecule has 104 valence electrons. The zero-order valence-electron chi connectivity index (χ0n) is 10.8. The fourth-order valence-electron chi connectivity index (χ4n) is 2.22. The Morgan fingerprint density at radius 2 is 2.47 bits per heavy atom. The molecule has 1 fully saturated rings. The van der Waals surface area contributed by atoms with Crippen LogP contribution in [0.3, 0.4) is 0 Å². The molecule has 2 heterocycles. The number of halogens is 2. The van der Waals surface area contributed by atoms with E-state index in [9.17, 15) is 9.18 Å². The molecule has 0 saturated carbocycles. The van der Waals surface area contributed by atoms with Crippen LogP contribution in [-0.4, -0.2) is 34.9 Å². The van der Waals surface area contributed by atoms with Crippen molar-refractivity contribution in [1.82, 2.24) is 15.2 Å². The van der Waals surface area contributed by atoms with Gasteiger partial charge in [-0.1, -0.05) is 6.92 Å². The Hall–Kier alpha value is -1.01. The van der Waals surface area contributed by atoms with Crippen LogP contribution in [0.4, 0.5) is 4.39 Å². The minimum atomic E-state index is -0.310. The molecule has 0 radical (unpaired) electrons. The number of amides is 1. The number of hydrogen-bond donors (Lipinski definition) is 1. The lowest BCUT2D eigenvalue weighted by atomic mass is 10.2. The van der Waals surface area contributed by atoms with Crippen LogP contribution in [0.15, 0.2) is 16.9 Å². The number of carbonyl (C=O) groups excluding carboxylic acids is 1. The first kappa shape index (κ1) is 14.4. The first-order chi connectivity index (χ1) is 9.10. The van der Waals surface area contributed by atoms with E-state index in [0.29, 0.717) is 29.7 Å². The Bertz CT molecular complexity index is 469. The molecule has 19 heavy (non-hydrogen) atoms. The molecule has 6 heteroatoms. The van der Waals surface area contributed by atoms with Crippen molar-refractivity contribution in [3.8, 4) is 0 Å². The van der Waals surface area contributed by atoms with E-state index in [1.54, 1.807) is 6.07 Å². The van der Waals surface area contributed by atoms with Crippen molar-refractivity contribution in [3.05, 3.63) is 28.2 Å². The predicted molar refractivity (Wildman–Crippen MR) is 74.0 cm³/mol. The first-order valence-corrected chi connectivity index (χ1v) is 7.20. The van der Waals surface area contributed by atoms with Gasteiger partial charge >= 0.3 is 0 Å². The summed E-state index contributed by atoms with van der Waals surface area (Å²) >= 11 is 3.23. The van der Waals surface area contributed by atoms with E-state index in [4.69, 9.17) is 0 Å². The standard InChI is InChI=1S/C13H17BrFN3O/c1-2-13(19)18-4-3-10(8-18)16-6-9-5-12(14)17-7-11(9)15/h5,7,10,16H,2-4,6,8H2,1H3/t10-/m1/s1. The summed E-state index contributed by atoms with van der Waals surface area (Å²) in [5, 5.41) is 3.29. The molecule has 1 saturated heterocycles. The van der Waals surface area contributed by atoms with Crippen LogP contribution < -0.4 is 5.32 Å². The highest BCUT2D eigenvalue weighted by Crippen LogP contribution is 2.14. The van der Waals surface area contributed by atoms with E-state index >= 15 is 0 Å². The van der Waals surface area contributed by atoms with Gasteiger partial charge in [-0.15, -0.1) is 0 Å². The normalized spacial score (nSPS) is 18.9. The topological polar surface area (TPSA) is 45.2 Å². The number of likely N-dealkylation sites (tertiary alicyclic amines) is 1. The van der Waals surface area contributed by atoms with Crippen molar-refractivity contribution in [2.45, 2.75) is 32.4 Å². The van der Waals surface area contributed by atoms with Crippen LogP contribution in [0.5, 0.6) is 0 Å². The summed E-state index contributed by atoms with van der Waals surface area (Å²) in [6, 6.07) is 1.91. The Labute approximate surface area is 120 Å². The van der Waals surface area contributed by atoms with E-state index in [0.717, 1.165) is 13.0 Å². The van der Waals surface area contributed by atoms with E-state index in [-0.39, 0.29) is 17.8 Å². The minimum Gasteiger partial charge on any atom is -0.341 e. The Balaban J connectivity index is 1.87. The molecule has 1 amide bonds. The summed E-state index contributed by atoms with van der Waals surface area (Å²) in [4.78, 5) is 17.2. The largest absolute Gasteiger partial charge is 0.341 e. The zero-order chi connectivity index (χ0) is 13.8. The predicted octanol–water partition coefficient (Wildman–Crippen LogP) is 2.08. The third-order valence-corrected chi connectivity index (χ3v) is 3.76. The van der Waals surface area contributed by atoms with Gasteiger partial charge in [0.2, 0.25) is 5.91 Å². The van der Waals surface area contributed by atoms with Gasteiger partial charge in [-0.3, -0.25) is 4.79 Å². The summed E-state index contributed by atoms with van der Waals surface area (Å²) in [5.41, 5.74) is 0.585. The van der Waals surface area contributed by atoms with Crippen LogP contribution in [0.1, 0.15) is 25.3 Å². The molecular weight excluding hydrogens is 313 g/mol. The molecule has 0 bridgehead atoms. The molecular formula is C13H17BrFN3O. The Morgan fingerprint density at radius 1 is 1.68 bits per heavy atom. The SMILES string of the molecule is CCC(=O)N1CC[C@@H](NCc2cc(Br)ncc2F)C1. The number of rotatable bonds is 4. The maximum absolute atomic E-state index is 13.5. The maximum Gasteiger partial charge on any atom is 0.222 e. The smallest absolute Gasteiger partial charge is 0.222 e. The third-order valence-electron chi connectivity index (χ3n) is 3.33. The van der Waals surface area contributed by atoms with Crippen LogP contribution in [-0.2, 0) is 11.3 Å². The second kappa shape index (κ2) is 6.43. The van der Waals surface area contributed by atoms with E-state index in [1.807, 2.05) is 11.8 Å². The number of carbonyl (C=O) groups is 1. The molecule has 4 nitrogen and oxygen atoms in total. The zero-order valence-corrected chi connectivity index (χ0v) is 12.4. The van der Waals surface area contributed by atoms with Crippen molar-refractivity contribution >= 4 is 21.8 Å². The van der Waals surface area contributed by atoms with Crippen molar-refractivity contribution in [2.24, 2.45) is 0 Å². The summed E-state index contributed by atoms with van der Waals surface area (Å²) < 4.78 is 14.1. The minimum absolute atomic E-state index is 0.183. The van der Waals surface area contributed by atoms with Gasteiger partial charge in [-0.2, -0.15) is 0 Å². The molecule has 1 atom stereocenters. The van der Waals surface area contributed by atoms with Gasteiger partial charge in [-0.25, -0.2) is 9.37 Å². The van der Waals surface area contributed by atoms with E-state index in [1.165, 1.54) is 6.20 Å². The molecule has 1 aliphatic heterocycles. The molecule has 2 rings (SSSR count). The molecule has 0 aromatic carbocycles. The molecule has 0 unspecified atom stereocenters. The molecule has 0 spiro atoms. The number of aromatic nitrogens is 1. The highest BCUT2D eigenvalue weighted by molar-refractivity contribution is 9.10. The first-order valence-electron chi connectivity index (χ1n) is 6.41. The fourth-order valence-corrected chi connectivity index (χ4v) is 2.60. The molecule has 1 aromatic rings. The lowest BCUT2D eigenvalue weighted by molar-refractivity contribution is -0.129. The average Bonchev–Trinajstić information content (AvgIpc) is 2.88. The third kappa shape index (κ3) is 3.73. The van der Waals surface area contributed by atoms with Gasteiger partial charge in [0.05, 0.1) is 6.20 Å². The van der Waals surface area contributed by atoms with Gasteiger partial charge in [0, 0.05) is 37.7 Å². The number of pyridine rings is 1. The van der Waals surface area contributed by atoms with E-state index in [2.05, 4.69) is 26.2 Å². The lowest BCUT2D eigenvalue weighted by Crippen LogP contribution is -2.34. The highest BCUT2D eigenvalue weighted by Gasteiger charge is 2.24. The van der Waals surface area contributed by atoms with Crippen LogP contribution in [0.2, 0.25) is 0 Å². The molecule has 1 aromatic heterocycles. The van der Waals surface area contributed by atoms with Gasteiger partial charge < -0.3 is 10.2 Å². The number of hydrogen-bond acceptors (Lipinski definition) is 3. The Morgan fingerprint density at radius 3 is 3.21 bits per heavy atom. The van der Waals surface area contributed by atoms with Gasteiger partial charge in [0.1, 0.15) is 10.4 Å². The highest BCUT2D eigenvalue weighted by atomic mass is 79.9. The molecule has 1 N–H and O–H groups in total. The molecule has 1 aliphatic rings. The number of nitrogens with one attached hydrogen (secondary N) is 1. The second-order valence-electron chi connectivity index (χ2n) is 4.66. The monoisotopic (exact) mass is 329 g/mol. The van der Waals surface area contributed by atoms with Crippen LogP contribution >= 0.6 is 15.9 Å². The summed E-state index contributed by atoms with van der Waals surface area (Å²) in [6.45, 7) is 3.81. The van der Waals surface area contributed by atoms with Crippen LogP contribution in [0.25, 0.3) is 0 Å². The fraction of sp³-hybridized carbons (Fsp3) is 0.538. The van der Waals surface area contributed by atoms with Gasteiger partial charge in [0.25, 0.3) is 0 Å². The van der Waals surface area contributed by atoms with Crippen molar-refractivity contribution in [3.63, 3.8) is 0 Å². The quantitative estimate of drug-likeness (QED) is 0.860. The van der Waals surface area contributed by atoms with Crippen molar-refractivity contribution in [1.29, 1.82) is 0 Å². The van der Waals surface area contributed by atoms with Crippen molar-refractivity contribution in [2.75, 3.05) is 13.1 Å². The molecule has 0 aliphatic carbocycles. The van der Waals surface area contributed by atoms with E-state index < -0.39 is 0 Å². The van der Waals surface area contributed by atoms with Gasteiger partial charge in [-0.05, 0) is 28.4 Å². The van der Waals surface area contributed by atoms with Gasteiger partial charge in [0.15, 0.2) is 0 Å². The lowest BCUT2D eigenvalue weighted by Gasteiger charge is -2.16. The summed E-state index contributed by atoms with van der Waals surface area (Å²) in [5.74, 6) is -0.127. The van der Waals surface area contributed by atoms with Crippen molar-refractivity contribution < 1.29 is 9.18 Å². The number of nitrogens with zero attached hydrogens (tertiary/aromatic N) is 2.